The number of aromatic nitrogens is 3. The molecule has 4 rings (SSSR count). The summed E-state index contributed by atoms with van der Waals surface area (Å²) in [4.78, 5) is 16.7. The number of hydrogen-bond donors (Lipinski definition) is 1. The summed E-state index contributed by atoms with van der Waals surface area (Å²) in [5.41, 5.74) is 1.41. The maximum atomic E-state index is 13.2. The molecule has 0 atom stereocenters. The number of nitrogens with one attached hydrogen (secondary N) is 1. The number of carbonyl (C=O) groups excluding carboxylic acids is 1. The van der Waals surface area contributed by atoms with Crippen molar-refractivity contribution in [2.24, 2.45) is 0 Å². The van der Waals surface area contributed by atoms with Crippen LogP contribution < -0.4 is 5.32 Å². The van der Waals surface area contributed by atoms with Gasteiger partial charge in [0.25, 0.3) is 0 Å². The molecule has 3 aromatic rings. The Morgan fingerprint density at radius 3 is 2.73 bits per heavy atom. The van der Waals surface area contributed by atoms with E-state index in [9.17, 15) is 9.18 Å². The highest BCUT2D eigenvalue weighted by Crippen LogP contribution is 2.40. The second-order valence-electron chi connectivity index (χ2n) is 6.12. The molecule has 1 heterocycles. The molecule has 1 saturated carbocycles. The van der Waals surface area contributed by atoms with E-state index in [-0.39, 0.29) is 17.5 Å². The van der Waals surface area contributed by atoms with Gasteiger partial charge in [-0.3, -0.25) is 4.79 Å². The second kappa shape index (κ2) is 7.29. The van der Waals surface area contributed by atoms with Gasteiger partial charge in [-0.25, -0.2) is 14.1 Å². The molecule has 1 fully saturated rings. The third kappa shape index (κ3) is 3.94. The van der Waals surface area contributed by atoms with Crippen LogP contribution in [-0.4, -0.2) is 26.4 Å². The quantitative estimate of drug-likeness (QED) is 0.668. The van der Waals surface area contributed by atoms with Crippen molar-refractivity contribution in [2.45, 2.75) is 23.9 Å². The Balaban J connectivity index is 1.44. The van der Waals surface area contributed by atoms with Crippen molar-refractivity contribution in [3.8, 4) is 5.69 Å². The Bertz CT molecular complexity index is 924. The summed E-state index contributed by atoms with van der Waals surface area (Å²) in [6.45, 7) is 0. The molecule has 0 aliphatic heterocycles. The summed E-state index contributed by atoms with van der Waals surface area (Å²) in [6, 6.07) is 15.7. The van der Waals surface area contributed by atoms with E-state index in [1.165, 1.54) is 23.9 Å². The molecule has 1 aliphatic carbocycles. The third-order valence-electron chi connectivity index (χ3n) is 4.00. The van der Waals surface area contributed by atoms with Gasteiger partial charge >= 0.3 is 0 Å². The van der Waals surface area contributed by atoms with Gasteiger partial charge in [0.15, 0.2) is 0 Å². The normalized spacial score (nSPS) is 13.6. The van der Waals surface area contributed by atoms with Crippen LogP contribution >= 0.6 is 11.8 Å². The van der Waals surface area contributed by atoms with Crippen molar-refractivity contribution < 1.29 is 9.18 Å². The van der Waals surface area contributed by atoms with E-state index in [0.717, 1.165) is 24.4 Å². The Kier molecular flexibility index (Phi) is 4.71. The van der Waals surface area contributed by atoms with Crippen LogP contribution in [0.4, 0.5) is 10.1 Å². The number of amides is 1. The summed E-state index contributed by atoms with van der Waals surface area (Å²) in [6.07, 6.45) is 2.24. The van der Waals surface area contributed by atoms with E-state index in [4.69, 9.17) is 0 Å². The highest BCUT2D eigenvalue weighted by Gasteiger charge is 2.30. The van der Waals surface area contributed by atoms with Gasteiger partial charge in [0.2, 0.25) is 11.1 Å². The van der Waals surface area contributed by atoms with Crippen molar-refractivity contribution >= 4 is 23.4 Å². The van der Waals surface area contributed by atoms with Crippen LogP contribution in [0.1, 0.15) is 24.6 Å². The summed E-state index contributed by atoms with van der Waals surface area (Å²) < 4.78 is 15.0. The van der Waals surface area contributed by atoms with Crippen LogP contribution in [-0.2, 0) is 4.79 Å². The predicted octanol–water partition coefficient (Wildman–Crippen LogP) is 4.01. The minimum absolute atomic E-state index is 0.166. The van der Waals surface area contributed by atoms with Gasteiger partial charge in [-0.1, -0.05) is 36.0 Å². The maximum absolute atomic E-state index is 13.2. The molecule has 0 spiro atoms. The standard InChI is InChI=1S/C19H17FN4OS/c20-14-5-4-6-15(11-14)21-17(25)12-26-19-22-18(13-9-10-13)24(23-19)16-7-2-1-3-8-16/h1-8,11,13H,9-10,12H2,(H,21,25). The lowest BCUT2D eigenvalue weighted by Crippen LogP contribution is -2.14. The molecule has 5 nitrogen and oxygen atoms in total. The van der Waals surface area contributed by atoms with Gasteiger partial charge in [-0.15, -0.1) is 5.10 Å². The van der Waals surface area contributed by atoms with Crippen LogP contribution in [0.3, 0.4) is 0 Å². The van der Waals surface area contributed by atoms with Gasteiger partial charge in [0, 0.05) is 11.6 Å². The molecule has 132 valence electrons. The molecular weight excluding hydrogens is 351 g/mol. The molecule has 0 radical (unpaired) electrons. The van der Waals surface area contributed by atoms with Crippen LogP contribution in [0, 0.1) is 5.82 Å². The highest BCUT2D eigenvalue weighted by molar-refractivity contribution is 7.99. The Hall–Kier alpha value is -2.67. The molecule has 1 aromatic heterocycles. The lowest BCUT2D eigenvalue weighted by Gasteiger charge is -2.04. The van der Waals surface area contributed by atoms with Crippen LogP contribution in [0.5, 0.6) is 0 Å². The zero-order valence-corrected chi connectivity index (χ0v) is 14.7. The van der Waals surface area contributed by atoms with E-state index < -0.39 is 0 Å². The van der Waals surface area contributed by atoms with Crippen LogP contribution in [0.25, 0.3) is 5.69 Å². The van der Waals surface area contributed by atoms with E-state index in [1.54, 1.807) is 12.1 Å². The van der Waals surface area contributed by atoms with E-state index >= 15 is 0 Å². The minimum atomic E-state index is -0.382. The van der Waals surface area contributed by atoms with Crippen LogP contribution in [0.2, 0.25) is 0 Å². The average molecular weight is 368 g/mol. The van der Waals surface area contributed by atoms with Crippen molar-refractivity contribution in [3.05, 3.63) is 66.2 Å². The number of carbonyl (C=O) groups is 1. The molecule has 0 unspecified atom stereocenters. The first-order valence-electron chi connectivity index (χ1n) is 8.39. The maximum Gasteiger partial charge on any atom is 0.234 e. The number of rotatable bonds is 6. The first-order chi connectivity index (χ1) is 12.7. The number of thioether (sulfide) groups is 1. The Morgan fingerprint density at radius 2 is 2.00 bits per heavy atom. The van der Waals surface area contributed by atoms with Gasteiger partial charge in [0.1, 0.15) is 11.6 Å². The molecule has 2 aromatic carbocycles. The van der Waals surface area contributed by atoms with Crippen molar-refractivity contribution in [2.75, 3.05) is 11.1 Å². The first-order valence-corrected chi connectivity index (χ1v) is 9.38. The van der Waals surface area contributed by atoms with Gasteiger partial charge in [-0.2, -0.15) is 0 Å². The molecule has 1 aliphatic rings. The van der Waals surface area contributed by atoms with Gasteiger partial charge < -0.3 is 5.32 Å². The number of anilines is 1. The molecule has 0 saturated heterocycles. The zero-order valence-electron chi connectivity index (χ0n) is 13.9. The first kappa shape index (κ1) is 16.8. The molecular formula is C19H17FN4OS. The van der Waals surface area contributed by atoms with E-state index in [0.29, 0.717) is 16.8 Å². The van der Waals surface area contributed by atoms with E-state index in [1.807, 2.05) is 35.0 Å². The lowest BCUT2D eigenvalue weighted by molar-refractivity contribution is -0.113. The topological polar surface area (TPSA) is 59.8 Å². The average Bonchev–Trinajstić information content (AvgIpc) is 3.40. The summed E-state index contributed by atoms with van der Waals surface area (Å²) in [5.74, 6) is 0.958. The SMILES string of the molecule is O=C(CSc1nc(C2CC2)n(-c2ccccc2)n1)Nc1cccc(F)c1. The fourth-order valence-electron chi connectivity index (χ4n) is 2.62. The molecule has 26 heavy (non-hydrogen) atoms. The molecule has 1 amide bonds. The van der Waals surface area contributed by atoms with Crippen LogP contribution in [0.15, 0.2) is 59.8 Å². The fraction of sp³-hybridized carbons (Fsp3) is 0.211. The number of halogens is 1. The Labute approximate surface area is 154 Å². The highest BCUT2D eigenvalue weighted by atomic mass is 32.2. The number of para-hydroxylation sites is 1. The smallest absolute Gasteiger partial charge is 0.234 e. The van der Waals surface area contributed by atoms with Crippen molar-refractivity contribution in [1.82, 2.24) is 14.8 Å². The van der Waals surface area contributed by atoms with Gasteiger partial charge in [-0.05, 0) is 43.2 Å². The number of benzene rings is 2. The molecule has 7 heteroatoms. The summed E-state index contributed by atoms with van der Waals surface area (Å²) >= 11 is 1.28. The lowest BCUT2D eigenvalue weighted by atomic mass is 10.3. The summed E-state index contributed by atoms with van der Waals surface area (Å²) in [7, 11) is 0. The van der Waals surface area contributed by atoms with E-state index in [2.05, 4.69) is 15.4 Å². The molecule has 0 bridgehead atoms. The van der Waals surface area contributed by atoms with Crippen molar-refractivity contribution in [1.29, 1.82) is 0 Å². The number of hydrogen-bond acceptors (Lipinski definition) is 4. The fourth-order valence-corrected chi connectivity index (χ4v) is 3.25. The van der Waals surface area contributed by atoms with Gasteiger partial charge in [0.05, 0.1) is 11.4 Å². The monoisotopic (exact) mass is 368 g/mol. The third-order valence-corrected chi connectivity index (χ3v) is 4.83. The van der Waals surface area contributed by atoms with Crippen molar-refractivity contribution in [3.63, 3.8) is 0 Å². The predicted molar refractivity (Wildman–Crippen MR) is 99.1 cm³/mol. The zero-order chi connectivity index (χ0) is 17.9. The Morgan fingerprint density at radius 1 is 1.19 bits per heavy atom. The number of nitrogens with zero attached hydrogens (tertiary/aromatic N) is 3. The molecule has 1 N–H and O–H groups in total. The second-order valence-corrected chi connectivity index (χ2v) is 7.06. The summed E-state index contributed by atoms with van der Waals surface area (Å²) in [5, 5.41) is 7.82. The largest absolute Gasteiger partial charge is 0.325 e. The minimum Gasteiger partial charge on any atom is -0.325 e.